The minimum Gasteiger partial charge on any atom is -0.506 e. The average molecular weight is 204 g/mol. The maximum atomic E-state index is 11.7. The van der Waals surface area contributed by atoms with Crippen LogP contribution in [0, 0.1) is 0 Å². The van der Waals surface area contributed by atoms with Crippen LogP contribution in [0.3, 0.4) is 0 Å². The highest BCUT2D eigenvalue weighted by molar-refractivity contribution is 7.11. The Morgan fingerprint density at radius 1 is 1.62 bits per heavy atom. The zero-order valence-corrected chi connectivity index (χ0v) is 7.22. The van der Waals surface area contributed by atoms with Crippen molar-refractivity contribution in [3.63, 3.8) is 0 Å². The van der Waals surface area contributed by atoms with Crippen molar-refractivity contribution in [2.75, 3.05) is 0 Å². The van der Waals surface area contributed by atoms with Crippen LogP contribution in [0.2, 0.25) is 0 Å². The standard InChI is InChI=1S/C8H6F2O2S/c9-8(10)6(12)4-5(11)7-2-1-3-13-7/h1-4,8,11H. The van der Waals surface area contributed by atoms with Gasteiger partial charge in [-0.05, 0) is 11.4 Å². The Hall–Kier alpha value is -1.23. The molecule has 0 saturated carbocycles. The molecular weight excluding hydrogens is 198 g/mol. The van der Waals surface area contributed by atoms with Crippen molar-refractivity contribution in [3.05, 3.63) is 28.5 Å². The van der Waals surface area contributed by atoms with E-state index in [0.717, 1.165) is 0 Å². The van der Waals surface area contributed by atoms with Crippen LogP contribution in [0.15, 0.2) is 23.6 Å². The number of rotatable bonds is 3. The average Bonchev–Trinajstić information content (AvgIpc) is 2.55. The van der Waals surface area contributed by atoms with E-state index in [2.05, 4.69) is 0 Å². The van der Waals surface area contributed by atoms with Crippen LogP contribution in [-0.4, -0.2) is 17.3 Å². The Balaban J connectivity index is 2.78. The quantitative estimate of drug-likeness (QED) is 0.606. The first kappa shape index (κ1) is 9.85. The molecule has 0 unspecified atom stereocenters. The molecule has 1 heterocycles. The number of aliphatic hydroxyl groups is 1. The number of carbonyl (C=O) groups excluding carboxylic acids is 1. The second kappa shape index (κ2) is 4.13. The van der Waals surface area contributed by atoms with E-state index in [9.17, 15) is 13.6 Å². The number of ketones is 1. The first-order valence-corrected chi connectivity index (χ1v) is 4.26. The summed E-state index contributed by atoms with van der Waals surface area (Å²) in [5.41, 5.74) is 0. The van der Waals surface area contributed by atoms with E-state index in [4.69, 9.17) is 5.11 Å². The third-order valence-electron chi connectivity index (χ3n) is 1.27. The number of halogens is 2. The number of allylic oxidation sites excluding steroid dienone is 1. The molecule has 0 amide bonds. The topological polar surface area (TPSA) is 37.3 Å². The summed E-state index contributed by atoms with van der Waals surface area (Å²) in [6.45, 7) is 0. The second-order valence-electron chi connectivity index (χ2n) is 2.21. The Labute approximate surface area is 77.1 Å². The molecule has 1 aromatic rings. The molecule has 0 bridgehead atoms. The Morgan fingerprint density at radius 3 is 2.77 bits per heavy atom. The van der Waals surface area contributed by atoms with Crippen LogP contribution >= 0.6 is 11.3 Å². The predicted octanol–water partition coefficient (Wildman–Crippen LogP) is 2.48. The van der Waals surface area contributed by atoms with Crippen molar-refractivity contribution >= 4 is 22.9 Å². The third-order valence-corrected chi connectivity index (χ3v) is 2.16. The van der Waals surface area contributed by atoms with E-state index < -0.39 is 18.0 Å². The maximum absolute atomic E-state index is 11.7. The van der Waals surface area contributed by atoms with E-state index in [0.29, 0.717) is 11.0 Å². The Morgan fingerprint density at radius 2 is 2.31 bits per heavy atom. The monoisotopic (exact) mass is 204 g/mol. The summed E-state index contributed by atoms with van der Waals surface area (Å²) in [5.74, 6) is -1.80. The third kappa shape index (κ3) is 2.62. The first-order valence-electron chi connectivity index (χ1n) is 3.38. The van der Waals surface area contributed by atoms with Crippen molar-refractivity contribution in [3.8, 4) is 0 Å². The molecule has 0 aliphatic heterocycles. The molecule has 0 atom stereocenters. The SMILES string of the molecule is O=C(C=C(O)c1cccs1)C(F)F. The molecular formula is C8H6F2O2S. The molecule has 0 radical (unpaired) electrons. The van der Waals surface area contributed by atoms with Crippen LogP contribution in [0.1, 0.15) is 4.88 Å². The molecule has 70 valence electrons. The first-order chi connectivity index (χ1) is 6.11. The van der Waals surface area contributed by atoms with Crippen LogP contribution in [0.5, 0.6) is 0 Å². The molecule has 0 aliphatic carbocycles. The van der Waals surface area contributed by atoms with Gasteiger partial charge in [-0.1, -0.05) is 6.07 Å². The zero-order chi connectivity index (χ0) is 9.84. The molecule has 1 rings (SSSR count). The van der Waals surface area contributed by atoms with Gasteiger partial charge in [0.2, 0.25) is 5.78 Å². The number of hydrogen-bond donors (Lipinski definition) is 1. The molecule has 1 aromatic heterocycles. The normalized spacial score (nSPS) is 12.1. The summed E-state index contributed by atoms with van der Waals surface area (Å²) in [7, 11) is 0. The van der Waals surface area contributed by atoms with Crippen molar-refractivity contribution in [1.82, 2.24) is 0 Å². The number of aliphatic hydroxyl groups excluding tert-OH is 1. The Bertz CT molecular complexity index is 317. The predicted molar refractivity (Wildman–Crippen MR) is 45.9 cm³/mol. The smallest absolute Gasteiger partial charge is 0.300 e. The van der Waals surface area contributed by atoms with Crippen LogP contribution in [-0.2, 0) is 4.79 Å². The fourth-order valence-electron chi connectivity index (χ4n) is 0.693. The maximum Gasteiger partial charge on any atom is 0.300 e. The van der Waals surface area contributed by atoms with Gasteiger partial charge in [-0.2, -0.15) is 0 Å². The summed E-state index contributed by atoms with van der Waals surface area (Å²) in [6.07, 6.45) is -2.53. The van der Waals surface area contributed by atoms with E-state index in [1.165, 1.54) is 17.4 Å². The molecule has 0 aromatic carbocycles. The van der Waals surface area contributed by atoms with Crippen LogP contribution in [0.4, 0.5) is 8.78 Å². The lowest BCUT2D eigenvalue weighted by Gasteiger charge is -1.94. The number of alkyl halides is 2. The number of carbonyl (C=O) groups is 1. The van der Waals surface area contributed by atoms with Gasteiger partial charge < -0.3 is 5.11 Å². The fourth-order valence-corrected chi connectivity index (χ4v) is 1.33. The minimum absolute atomic E-state index is 0.397. The van der Waals surface area contributed by atoms with Crippen molar-refractivity contribution in [2.45, 2.75) is 6.43 Å². The lowest BCUT2D eigenvalue weighted by Crippen LogP contribution is -2.06. The molecule has 0 spiro atoms. The van der Waals surface area contributed by atoms with Gasteiger partial charge in [0.15, 0.2) is 0 Å². The lowest BCUT2D eigenvalue weighted by atomic mass is 10.3. The van der Waals surface area contributed by atoms with Gasteiger partial charge in [0, 0.05) is 6.08 Å². The van der Waals surface area contributed by atoms with Gasteiger partial charge in [0.1, 0.15) is 5.76 Å². The summed E-state index contributed by atoms with van der Waals surface area (Å²) in [6, 6.07) is 3.19. The van der Waals surface area contributed by atoms with E-state index in [-0.39, 0.29) is 0 Å². The molecule has 13 heavy (non-hydrogen) atoms. The molecule has 0 saturated heterocycles. The van der Waals surface area contributed by atoms with Crippen LogP contribution < -0.4 is 0 Å². The van der Waals surface area contributed by atoms with Crippen molar-refractivity contribution < 1.29 is 18.7 Å². The highest BCUT2D eigenvalue weighted by Crippen LogP contribution is 2.17. The summed E-state index contributed by atoms with van der Waals surface area (Å²) >= 11 is 1.17. The fraction of sp³-hybridized carbons (Fsp3) is 0.125. The molecule has 1 N–H and O–H groups in total. The second-order valence-corrected chi connectivity index (χ2v) is 3.16. The summed E-state index contributed by atoms with van der Waals surface area (Å²) in [4.78, 5) is 10.9. The summed E-state index contributed by atoms with van der Waals surface area (Å²) in [5, 5.41) is 10.8. The molecule has 2 nitrogen and oxygen atoms in total. The van der Waals surface area contributed by atoms with E-state index in [1.807, 2.05) is 0 Å². The number of hydrogen-bond acceptors (Lipinski definition) is 3. The zero-order valence-electron chi connectivity index (χ0n) is 6.41. The minimum atomic E-state index is -3.07. The lowest BCUT2D eigenvalue weighted by molar-refractivity contribution is -0.124. The Kier molecular flexibility index (Phi) is 3.13. The molecule has 0 aliphatic rings. The molecule has 0 fully saturated rings. The van der Waals surface area contributed by atoms with Gasteiger partial charge in [0.05, 0.1) is 4.88 Å². The number of thiophene rings is 1. The largest absolute Gasteiger partial charge is 0.506 e. The van der Waals surface area contributed by atoms with Gasteiger partial charge in [0.25, 0.3) is 6.43 Å². The van der Waals surface area contributed by atoms with Crippen molar-refractivity contribution in [1.29, 1.82) is 0 Å². The van der Waals surface area contributed by atoms with E-state index >= 15 is 0 Å². The van der Waals surface area contributed by atoms with Crippen LogP contribution in [0.25, 0.3) is 5.76 Å². The van der Waals surface area contributed by atoms with Gasteiger partial charge >= 0.3 is 0 Å². The summed E-state index contributed by atoms with van der Waals surface area (Å²) < 4.78 is 23.5. The highest BCUT2D eigenvalue weighted by atomic mass is 32.1. The van der Waals surface area contributed by atoms with Gasteiger partial charge in [-0.15, -0.1) is 11.3 Å². The van der Waals surface area contributed by atoms with E-state index in [1.54, 1.807) is 11.4 Å². The van der Waals surface area contributed by atoms with Gasteiger partial charge in [-0.3, -0.25) is 4.79 Å². The highest BCUT2D eigenvalue weighted by Gasteiger charge is 2.13. The van der Waals surface area contributed by atoms with Gasteiger partial charge in [-0.25, -0.2) is 8.78 Å². The molecule has 5 heteroatoms. The van der Waals surface area contributed by atoms with Crippen molar-refractivity contribution in [2.24, 2.45) is 0 Å².